The first-order chi connectivity index (χ1) is 14.1. The molecule has 144 valence electrons. The monoisotopic (exact) mass is 386 g/mol. The number of fused-ring (bicyclic) bond motifs is 1. The van der Waals surface area contributed by atoms with Gasteiger partial charge in [-0.2, -0.15) is 9.99 Å². The van der Waals surface area contributed by atoms with Crippen LogP contribution in [0.25, 0.3) is 22.0 Å². The van der Waals surface area contributed by atoms with Crippen molar-refractivity contribution in [3.05, 3.63) is 72.0 Å². The number of pyridine rings is 1. The zero-order chi connectivity index (χ0) is 20.4. The summed E-state index contributed by atoms with van der Waals surface area (Å²) in [4.78, 5) is 7.87. The van der Waals surface area contributed by atoms with Gasteiger partial charge in [-0.05, 0) is 42.0 Å². The number of hydrogen-bond donors (Lipinski definition) is 2. The SMILES string of the molecule is COc1ccc(-c2cn(O)cc(C#N)c2=Nc2ccc3[nH]ccc3c2)cc1OC. The van der Waals surface area contributed by atoms with E-state index < -0.39 is 0 Å². The van der Waals surface area contributed by atoms with Crippen molar-refractivity contribution in [1.82, 2.24) is 9.71 Å². The molecule has 0 spiro atoms. The number of methoxy groups -OCH3 is 2. The minimum atomic E-state index is 0.244. The molecule has 7 heteroatoms. The number of H-pyrrole nitrogens is 1. The Morgan fingerprint density at radius 3 is 2.62 bits per heavy atom. The topological polar surface area (TPSA) is 95.6 Å². The van der Waals surface area contributed by atoms with E-state index >= 15 is 0 Å². The number of ether oxygens (including phenoxy) is 2. The molecule has 2 heterocycles. The van der Waals surface area contributed by atoms with Crippen LogP contribution in [0, 0.1) is 11.3 Å². The van der Waals surface area contributed by atoms with Crippen molar-refractivity contribution in [2.75, 3.05) is 14.2 Å². The van der Waals surface area contributed by atoms with Crippen LogP contribution in [-0.4, -0.2) is 29.1 Å². The minimum Gasteiger partial charge on any atom is -0.493 e. The van der Waals surface area contributed by atoms with Crippen LogP contribution >= 0.6 is 0 Å². The lowest BCUT2D eigenvalue weighted by Gasteiger charge is -2.11. The second kappa shape index (κ2) is 7.44. The molecule has 0 unspecified atom stereocenters. The summed E-state index contributed by atoms with van der Waals surface area (Å²) in [6, 6.07) is 15.2. The van der Waals surface area contributed by atoms with E-state index in [4.69, 9.17) is 14.5 Å². The summed E-state index contributed by atoms with van der Waals surface area (Å²) in [7, 11) is 3.12. The van der Waals surface area contributed by atoms with Crippen LogP contribution in [0.4, 0.5) is 5.69 Å². The molecule has 29 heavy (non-hydrogen) atoms. The van der Waals surface area contributed by atoms with Crippen molar-refractivity contribution in [2.45, 2.75) is 0 Å². The maximum Gasteiger partial charge on any atom is 0.161 e. The number of nitrogens with zero attached hydrogens (tertiary/aromatic N) is 3. The molecule has 4 rings (SSSR count). The second-order valence-electron chi connectivity index (χ2n) is 6.36. The van der Waals surface area contributed by atoms with Crippen LogP contribution in [-0.2, 0) is 0 Å². The van der Waals surface area contributed by atoms with Gasteiger partial charge in [-0.1, -0.05) is 6.07 Å². The van der Waals surface area contributed by atoms with Gasteiger partial charge in [-0.15, -0.1) is 0 Å². The van der Waals surface area contributed by atoms with Crippen molar-refractivity contribution < 1.29 is 14.7 Å². The van der Waals surface area contributed by atoms with E-state index in [-0.39, 0.29) is 5.56 Å². The van der Waals surface area contributed by atoms with Crippen molar-refractivity contribution in [3.63, 3.8) is 0 Å². The van der Waals surface area contributed by atoms with E-state index in [9.17, 15) is 10.5 Å². The number of benzene rings is 2. The molecule has 0 amide bonds. The zero-order valence-corrected chi connectivity index (χ0v) is 15.9. The second-order valence-corrected chi connectivity index (χ2v) is 6.36. The highest BCUT2D eigenvalue weighted by Gasteiger charge is 2.12. The fourth-order valence-electron chi connectivity index (χ4n) is 3.23. The Hall–Kier alpha value is -4.18. The van der Waals surface area contributed by atoms with Crippen LogP contribution in [0.1, 0.15) is 5.56 Å². The highest BCUT2D eigenvalue weighted by Crippen LogP contribution is 2.31. The lowest BCUT2D eigenvalue weighted by atomic mass is 10.0. The number of nitriles is 1. The average Bonchev–Trinajstić information content (AvgIpc) is 3.22. The van der Waals surface area contributed by atoms with Crippen LogP contribution < -0.4 is 14.8 Å². The maximum absolute atomic E-state index is 10.1. The number of rotatable bonds is 4. The van der Waals surface area contributed by atoms with Gasteiger partial charge >= 0.3 is 0 Å². The minimum absolute atomic E-state index is 0.244. The Morgan fingerprint density at radius 1 is 1.03 bits per heavy atom. The van der Waals surface area contributed by atoms with Gasteiger partial charge < -0.3 is 19.7 Å². The van der Waals surface area contributed by atoms with E-state index in [0.717, 1.165) is 21.2 Å². The molecule has 4 aromatic rings. The summed E-state index contributed by atoms with van der Waals surface area (Å²) >= 11 is 0. The van der Waals surface area contributed by atoms with Gasteiger partial charge in [0.15, 0.2) is 11.5 Å². The van der Waals surface area contributed by atoms with Crippen LogP contribution in [0.15, 0.2) is 66.0 Å². The predicted octanol–water partition coefficient (Wildman–Crippen LogP) is 3.99. The Bertz CT molecular complexity index is 1310. The quantitative estimate of drug-likeness (QED) is 0.518. The predicted molar refractivity (Wildman–Crippen MR) is 108 cm³/mol. The molecule has 2 aromatic heterocycles. The molecule has 0 atom stereocenters. The van der Waals surface area contributed by atoms with Crippen molar-refractivity contribution in [1.29, 1.82) is 5.26 Å². The number of aromatic nitrogens is 2. The molecule has 2 aromatic carbocycles. The standard InChI is InChI=1S/C22H18N4O3/c1-28-20-6-3-14(10-21(20)29-2)18-13-26(27)12-16(11-23)22(18)25-17-4-5-19-15(9-17)7-8-24-19/h3-10,12-13,24,27H,1-2H3. The summed E-state index contributed by atoms with van der Waals surface area (Å²) < 4.78 is 11.5. The Kier molecular flexibility index (Phi) is 4.67. The Morgan fingerprint density at radius 2 is 1.86 bits per heavy atom. The van der Waals surface area contributed by atoms with Gasteiger partial charge in [0.1, 0.15) is 6.07 Å². The maximum atomic E-state index is 10.1. The van der Waals surface area contributed by atoms with Crippen molar-refractivity contribution in [2.24, 2.45) is 4.99 Å². The highest BCUT2D eigenvalue weighted by molar-refractivity contribution is 5.82. The zero-order valence-electron chi connectivity index (χ0n) is 15.9. The van der Waals surface area contributed by atoms with Gasteiger partial charge in [0.05, 0.1) is 43.2 Å². The van der Waals surface area contributed by atoms with E-state index in [1.54, 1.807) is 26.4 Å². The molecular weight excluding hydrogens is 368 g/mol. The summed E-state index contributed by atoms with van der Waals surface area (Å²) in [6.07, 6.45) is 4.70. The highest BCUT2D eigenvalue weighted by atomic mass is 16.5. The fraction of sp³-hybridized carbons (Fsp3) is 0.0909. The van der Waals surface area contributed by atoms with Crippen LogP contribution in [0.2, 0.25) is 0 Å². The summed E-state index contributed by atoms with van der Waals surface area (Å²) in [5.74, 6) is 1.12. The molecule has 0 bridgehead atoms. The normalized spacial score (nSPS) is 11.4. The van der Waals surface area contributed by atoms with E-state index in [0.29, 0.717) is 28.1 Å². The van der Waals surface area contributed by atoms with Crippen LogP contribution in [0.5, 0.6) is 11.5 Å². The molecule has 0 aliphatic carbocycles. The lowest BCUT2D eigenvalue weighted by molar-refractivity contribution is 0.184. The molecule has 0 radical (unpaired) electrons. The molecule has 7 nitrogen and oxygen atoms in total. The van der Waals surface area contributed by atoms with E-state index in [1.807, 2.05) is 36.5 Å². The van der Waals surface area contributed by atoms with Gasteiger partial charge in [0.2, 0.25) is 0 Å². The molecule has 0 fully saturated rings. The third-order valence-corrected chi connectivity index (χ3v) is 4.63. The van der Waals surface area contributed by atoms with E-state index in [2.05, 4.69) is 11.1 Å². The van der Waals surface area contributed by atoms with Crippen LogP contribution in [0.3, 0.4) is 0 Å². The summed E-state index contributed by atoms with van der Waals surface area (Å²) in [5, 5.41) is 21.2. The first kappa shape index (κ1) is 18.2. The third kappa shape index (κ3) is 3.39. The number of aromatic amines is 1. The molecule has 0 saturated heterocycles. The Labute approximate surface area is 166 Å². The fourth-order valence-corrected chi connectivity index (χ4v) is 3.23. The van der Waals surface area contributed by atoms with Crippen molar-refractivity contribution in [3.8, 4) is 28.7 Å². The lowest BCUT2D eigenvalue weighted by Crippen LogP contribution is -2.14. The molecule has 0 saturated carbocycles. The van der Waals surface area contributed by atoms with Crippen molar-refractivity contribution >= 4 is 16.6 Å². The first-order valence-corrected chi connectivity index (χ1v) is 8.83. The smallest absolute Gasteiger partial charge is 0.161 e. The third-order valence-electron chi connectivity index (χ3n) is 4.63. The number of hydrogen-bond acceptors (Lipinski definition) is 5. The van der Waals surface area contributed by atoms with Gasteiger partial charge in [-0.3, -0.25) is 0 Å². The first-order valence-electron chi connectivity index (χ1n) is 8.83. The summed E-state index contributed by atoms with van der Waals surface area (Å²) in [5.41, 5.74) is 3.26. The molecule has 0 aliphatic heterocycles. The molecule has 2 N–H and O–H groups in total. The summed E-state index contributed by atoms with van der Waals surface area (Å²) in [6.45, 7) is 0. The van der Waals surface area contributed by atoms with E-state index in [1.165, 1.54) is 12.4 Å². The van der Waals surface area contributed by atoms with Gasteiger partial charge in [0, 0.05) is 22.7 Å². The molecular formula is C22H18N4O3. The Balaban J connectivity index is 1.97. The average molecular weight is 386 g/mol. The van der Waals surface area contributed by atoms with Gasteiger partial charge in [-0.25, -0.2) is 4.99 Å². The number of nitrogens with one attached hydrogen (secondary N) is 1. The largest absolute Gasteiger partial charge is 0.493 e. The van der Waals surface area contributed by atoms with Gasteiger partial charge in [0.25, 0.3) is 0 Å². The molecule has 0 aliphatic rings.